The maximum Gasteiger partial charge on any atom is 0.0656 e. The molecule has 0 bridgehead atoms. The molecule has 12 heavy (non-hydrogen) atoms. The number of fused-ring (bicyclic) bond motifs is 1. The summed E-state index contributed by atoms with van der Waals surface area (Å²) in [6.07, 6.45) is 1.32. The Balaban J connectivity index is 2.18. The summed E-state index contributed by atoms with van der Waals surface area (Å²) < 4.78 is 5.59. The predicted molar refractivity (Wildman–Crippen MR) is 49.2 cm³/mol. The van der Waals surface area contributed by atoms with E-state index < -0.39 is 0 Å². The quantitative estimate of drug-likeness (QED) is 0.545. The van der Waals surface area contributed by atoms with Gasteiger partial charge >= 0.3 is 0 Å². The number of hydrogen-bond donors (Lipinski definition) is 0. The molecule has 2 aliphatic heterocycles. The molecule has 1 atom stereocenters. The van der Waals surface area contributed by atoms with E-state index in [0.717, 1.165) is 19.8 Å². The molecule has 0 saturated carbocycles. The van der Waals surface area contributed by atoms with Crippen LogP contribution in [0.25, 0.3) is 0 Å². The van der Waals surface area contributed by atoms with Crippen molar-refractivity contribution in [2.45, 2.75) is 32.7 Å². The van der Waals surface area contributed by atoms with Gasteiger partial charge in [0.2, 0.25) is 0 Å². The molecule has 2 rings (SSSR count). The molecule has 0 aliphatic carbocycles. The average Bonchev–Trinajstić information content (AvgIpc) is 1.89. The van der Waals surface area contributed by atoms with Gasteiger partial charge in [-0.05, 0) is 11.8 Å². The van der Waals surface area contributed by atoms with Crippen LogP contribution in [0.15, 0.2) is 0 Å². The molecule has 70 valence electrons. The maximum atomic E-state index is 5.59. The van der Waals surface area contributed by atoms with Gasteiger partial charge in [-0.1, -0.05) is 20.8 Å². The fourth-order valence-corrected chi connectivity index (χ4v) is 2.51. The third-order valence-electron chi connectivity index (χ3n) is 3.64. The SMILES string of the molecule is CC(C)(C)C12CCN1CCOC2. The van der Waals surface area contributed by atoms with Gasteiger partial charge in [-0.3, -0.25) is 4.90 Å². The van der Waals surface area contributed by atoms with E-state index in [1.165, 1.54) is 13.0 Å². The highest BCUT2D eigenvalue weighted by atomic mass is 16.5. The van der Waals surface area contributed by atoms with Crippen molar-refractivity contribution in [3.8, 4) is 0 Å². The van der Waals surface area contributed by atoms with E-state index in [-0.39, 0.29) is 0 Å². The van der Waals surface area contributed by atoms with Crippen LogP contribution in [0.4, 0.5) is 0 Å². The molecule has 2 heterocycles. The van der Waals surface area contributed by atoms with Crippen molar-refractivity contribution in [3.05, 3.63) is 0 Å². The van der Waals surface area contributed by atoms with Crippen molar-refractivity contribution in [1.82, 2.24) is 4.90 Å². The number of ether oxygens (including phenoxy) is 1. The summed E-state index contributed by atoms with van der Waals surface area (Å²) in [5.74, 6) is 0. The molecule has 0 aromatic heterocycles. The van der Waals surface area contributed by atoms with E-state index in [9.17, 15) is 0 Å². The van der Waals surface area contributed by atoms with Crippen molar-refractivity contribution < 1.29 is 4.74 Å². The van der Waals surface area contributed by atoms with Crippen LogP contribution in [-0.4, -0.2) is 36.7 Å². The molecule has 0 aromatic rings. The van der Waals surface area contributed by atoms with E-state index in [4.69, 9.17) is 4.74 Å². The standard InChI is InChI=1S/C10H19NO/c1-9(2,3)10-4-5-11(10)6-7-12-8-10/h4-8H2,1-3H3. The van der Waals surface area contributed by atoms with Crippen LogP contribution >= 0.6 is 0 Å². The van der Waals surface area contributed by atoms with E-state index in [1.54, 1.807) is 0 Å². The largest absolute Gasteiger partial charge is 0.378 e. The van der Waals surface area contributed by atoms with Gasteiger partial charge in [0.25, 0.3) is 0 Å². The Labute approximate surface area is 74.9 Å². The van der Waals surface area contributed by atoms with Crippen LogP contribution in [-0.2, 0) is 4.74 Å². The van der Waals surface area contributed by atoms with E-state index in [2.05, 4.69) is 25.7 Å². The Morgan fingerprint density at radius 2 is 2.00 bits per heavy atom. The molecule has 0 N–H and O–H groups in total. The second-order valence-corrected chi connectivity index (χ2v) is 5.07. The summed E-state index contributed by atoms with van der Waals surface area (Å²) in [5.41, 5.74) is 0.733. The van der Waals surface area contributed by atoms with Gasteiger partial charge in [0.15, 0.2) is 0 Å². The Kier molecular flexibility index (Phi) is 1.74. The van der Waals surface area contributed by atoms with Gasteiger partial charge in [-0.2, -0.15) is 0 Å². The first-order valence-electron chi connectivity index (χ1n) is 4.89. The second kappa shape index (κ2) is 2.46. The average molecular weight is 169 g/mol. The Morgan fingerprint density at radius 1 is 1.25 bits per heavy atom. The summed E-state index contributed by atoms with van der Waals surface area (Å²) in [4.78, 5) is 2.59. The number of morpholine rings is 1. The minimum absolute atomic E-state index is 0.366. The van der Waals surface area contributed by atoms with Gasteiger partial charge in [-0.25, -0.2) is 0 Å². The third kappa shape index (κ3) is 0.944. The Bertz CT molecular complexity index is 185. The van der Waals surface area contributed by atoms with Crippen LogP contribution in [0.1, 0.15) is 27.2 Å². The number of nitrogens with zero attached hydrogens (tertiary/aromatic N) is 1. The van der Waals surface area contributed by atoms with Crippen molar-refractivity contribution in [1.29, 1.82) is 0 Å². The Morgan fingerprint density at radius 3 is 2.33 bits per heavy atom. The van der Waals surface area contributed by atoms with Crippen molar-refractivity contribution in [2.24, 2.45) is 5.41 Å². The minimum atomic E-state index is 0.366. The summed E-state index contributed by atoms with van der Waals surface area (Å²) in [7, 11) is 0. The predicted octanol–water partition coefficient (Wildman–Crippen LogP) is 1.51. The first kappa shape index (κ1) is 8.52. The lowest BCUT2D eigenvalue weighted by Crippen LogP contribution is -2.71. The molecule has 2 saturated heterocycles. The lowest BCUT2D eigenvalue weighted by atomic mass is 9.65. The number of rotatable bonds is 0. The molecular formula is C10H19NO. The maximum absolute atomic E-state index is 5.59. The highest BCUT2D eigenvalue weighted by Crippen LogP contribution is 2.46. The van der Waals surface area contributed by atoms with Crippen LogP contribution in [0.5, 0.6) is 0 Å². The fourth-order valence-electron chi connectivity index (χ4n) is 2.51. The molecule has 2 heteroatoms. The van der Waals surface area contributed by atoms with E-state index in [1.807, 2.05) is 0 Å². The smallest absolute Gasteiger partial charge is 0.0656 e. The molecular weight excluding hydrogens is 150 g/mol. The molecule has 0 amide bonds. The zero-order chi connectivity index (χ0) is 8.82. The van der Waals surface area contributed by atoms with Crippen LogP contribution in [0.3, 0.4) is 0 Å². The summed E-state index contributed by atoms with van der Waals surface area (Å²) in [6, 6.07) is 0. The van der Waals surface area contributed by atoms with Crippen LogP contribution in [0, 0.1) is 5.41 Å². The summed E-state index contributed by atoms with van der Waals surface area (Å²) in [5, 5.41) is 0. The van der Waals surface area contributed by atoms with Gasteiger partial charge < -0.3 is 4.74 Å². The topological polar surface area (TPSA) is 12.5 Å². The fraction of sp³-hybridized carbons (Fsp3) is 1.00. The lowest BCUT2D eigenvalue weighted by molar-refractivity contribution is -0.176. The first-order valence-corrected chi connectivity index (χ1v) is 4.89. The number of hydrogen-bond acceptors (Lipinski definition) is 2. The molecule has 2 nitrogen and oxygen atoms in total. The lowest BCUT2D eigenvalue weighted by Gasteiger charge is -2.61. The molecule has 0 radical (unpaired) electrons. The van der Waals surface area contributed by atoms with Crippen molar-refractivity contribution in [2.75, 3.05) is 26.3 Å². The van der Waals surface area contributed by atoms with Crippen molar-refractivity contribution >= 4 is 0 Å². The Hall–Kier alpha value is -0.0800. The normalized spacial score (nSPS) is 37.2. The summed E-state index contributed by atoms with van der Waals surface area (Å²) >= 11 is 0. The van der Waals surface area contributed by atoms with Gasteiger partial charge in [-0.15, -0.1) is 0 Å². The van der Waals surface area contributed by atoms with Crippen molar-refractivity contribution in [3.63, 3.8) is 0 Å². The van der Waals surface area contributed by atoms with Crippen LogP contribution < -0.4 is 0 Å². The van der Waals surface area contributed by atoms with Gasteiger partial charge in [0.1, 0.15) is 0 Å². The molecule has 0 aromatic carbocycles. The summed E-state index contributed by atoms with van der Waals surface area (Å²) in [6.45, 7) is 11.3. The molecule has 1 unspecified atom stereocenters. The molecule has 2 fully saturated rings. The first-order chi connectivity index (χ1) is 5.56. The third-order valence-corrected chi connectivity index (χ3v) is 3.64. The zero-order valence-corrected chi connectivity index (χ0v) is 8.39. The second-order valence-electron chi connectivity index (χ2n) is 5.07. The van der Waals surface area contributed by atoms with Crippen LogP contribution in [0.2, 0.25) is 0 Å². The van der Waals surface area contributed by atoms with E-state index >= 15 is 0 Å². The zero-order valence-electron chi connectivity index (χ0n) is 8.39. The van der Waals surface area contributed by atoms with Gasteiger partial charge in [0, 0.05) is 13.1 Å². The van der Waals surface area contributed by atoms with E-state index in [0.29, 0.717) is 11.0 Å². The minimum Gasteiger partial charge on any atom is -0.378 e. The highest BCUT2D eigenvalue weighted by molar-refractivity contribution is 5.08. The van der Waals surface area contributed by atoms with Gasteiger partial charge in [0.05, 0.1) is 18.8 Å². The highest BCUT2D eigenvalue weighted by Gasteiger charge is 2.53. The molecule has 0 spiro atoms. The molecule has 2 aliphatic rings. The monoisotopic (exact) mass is 169 g/mol.